The molecule has 0 radical (unpaired) electrons. The molecule has 0 saturated carbocycles. The molecule has 7 heteroatoms. The second-order valence-corrected chi connectivity index (χ2v) is 9.35. The van der Waals surface area contributed by atoms with Crippen LogP contribution >= 0.6 is 32.9 Å². The van der Waals surface area contributed by atoms with Crippen molar-refractivity contribution in [3.63, 3.8) is 0 Å². The number of nitrogens with zero attached hydrogens (tertiary/aromatic N) is 1. The molecular weight excluding hydrogens is 553 g/mol. The van der Waals surface area contributed by atoms with Crippen LogP contribution in [-0.2, 0) is 11.2 Å². The van der Waals surface area contributed by atoms with Crippen LogP contribution < -0.4 is 4.74 Å². The molecule has 2 aromatic rings. The highest BCUT2D eigenvalue weighted by molar-refractivity contribution is 9.11. The fraction of sp³-hybridized carbons (Fsp3) is 0.423. The third-order valence-electron chi connectivity index (χ3n) is 6.19. The predicted octanol–water partition coefficient (Wildman–Crippen LogP) is 6.35. The van der Waals surface area contributed by atoms with Gasteiger partial charge in [-0.2, -0.15) is 0 Å². The van der Waals surface area contributed by atoms with Gasteiger partial charge in [-0.1, -0.05) is 34.1 Å². The molecule has 0 bridgehead atoms. The number of methoxy groups -OCH3 is 1. The number of rotatable bonds is 7. The second kappa shape index (κ2) is 12.1. The maximum atomic E-state index is 12.4. The van der Waals surface area contributed by atoms with E-state index in [9.17, 15) is 9.18 Å². The molecule has 1 atom stereocenters. The summed E-state index contributed by atoms with van der Waals surface area (Å²) < 4.78 is 24.7. The predicted molar refractivity (Wildman–Crippen MR) is 138 cm³/mol. The average molecular weight is 583 g/mol. The van der Waals surface area contributed by atoms with Gasteiger partial charge < -0.3 is 9.47 Å². The van der Waals surface area contributed by atoms with Gasteiger partial charge in [-0.3, -0.25) is 9.29 Å². The van der Waals surface area contributed by atoms with Crippen molar-refractivity contribution in [3.05, 3.63) is 69.2 Å². The number of likely N-dealkylation sites (tertiary alicyclic amines) is 1. The number of ether oxygens (including phenoxy) is 2. The summed E-state index contributed by atoms with van der Waals surface area (Å²) in [6.45, 7) is 2.36. The van der Waals surface area contributed by atoms with Crippen LogP contribution in [0.3, 0.4) is 0 Å². The van der Waals surface area contributed by atoms with E-state index in [0.29, 0.717) is 12.0 Å². The maximum Gasteiger partial charge on any atom is 0.337 e. The third-order valence-corrected chi connectivity index (χ3v) is 6.99. The smallest absolute Gasteiger partial charge is 0.337 e. The van der Waals surface area contributed by atoms with Crippen molar-refractivity contribution in [2.24, 2.45) is 0 Å². The third kappa shape index (κ3) is 6.25. The fourth-order valence-corrected chi connectivity index (χ4v) is 5.30. The number of aryl methyl sites for hydroxylation is 1. The number of benzene rings is 2. The number of hydrogen-bond donors (Lipinski definition) is 0. The van der Waals surface area contributed by atoms with Crippen molar-refractivity contribution in [2.45, 2.75) is 38.2 Å². The number of halogens is 3. The molecular formula is C26H30Br2FNO3. The summed E-state index contributed by atoms with van der Waals surface area (Å²) in [5.41, 5.74) is 5.18. The molecule has 0 unspecified atom stereocenters. The van der Waals surface area contributed by atoms with E-state index in [1.807, 2.05) is 30.3 Å². The zero-order valence-electron chi connectivity index (χ0n) is 18.8. The number of hydrogen-bond acceptors (Lipinski definition) is 4. The van der Waals surface area contributed by atoms with Gasteiger partial charge in [0.05, 0.1) is 19.3 Å². The lowest BCUT2D eigenvalue weighted by Crippen LogP contribution is -2.26. The lowest BCUT2D eigenvalue weighted by Gasteiger charge is -2.17. The molecule has 1 heterocycles. The normalized spacial score (nSPS) is 18.3. The molecule has 4 rings (SSSR count). The van der Waals surface area contributed by atoms with E-state index < -0.39 is 0 Å². The van der Waals surface area contributed by atoms with Crippen LogP contribution in [0, 0.1) is 0 Å². The van der Waals surface area contributed by atoms with E-state index in [-0.39, 0.29) is 35.7 Å². The van der Waals surface area contributed by atoms with Crippen molar-refractivity contribution < 1.29 is 18.7 Å². The molecule has 4 nitrogen and oxygen atoms in total. The van der Waals surface area contributed by atoms with Crippen LogP contribution in [0.2, 0.25) is 0 Å². The fourth-order valence-electron chi connectivity index (χ4n) is 4.58. The SMILES string of the molecule is Br.COC(=O)c1ccc2c(c1)CCCC(Br)=C2c1ccc(O[C@H]2CCN(CCCF)C2)cc1. The molecule has 33 heavy (non-hydrogen) atoms. The number of carbonyl (C=O) groups is 1. The Morgan fingerprint density at radius 2 is 1.97 bits per heavy atom. The molecule has 1 saturated heterocycles. The number of alkyl halides is 1. The number of esters is 1. The minimum absolute atomic E-state index is 0. The van der Waals surface area contributed by atoms with E-state index >= 15 is 0 Å². The summed E-state index contributed by atoms with van der Waals surface area (Å²) in [7, 11) is 1.41. The Labute approximate surface area is 214 Å². The van der Waals surface area contributed by atoms with Gasteiger partial charge in [0.25, 0.3) is 0 Å². The van der Waals surface area contributed by atoms with Gasteiger partial charge in [0.1, 0.15) is 11.9 Å². The molecule has 0 amide bonds. The minimum Gasteiger partial charge on any atom is -0.489 e. The monoisotopic (exact) mass is 581 g/mol. The van der Waals surface area contributed by atoms with Crippen molar-refractivity contribution >= 4 is 44.5 Å². The largest absolute Gasteiger partial charge is 0.489 e. The quantitative estimate of drug-likeness (QED) is 0.356. The molecule has 1 aliphatic heterocycles. The molecule has 1 aliphatic carbocycles. The maximum absolute atomic E-state index is 12.4. The van der Waals surface area contributed by atoms with E-state index in [1.54, 1.807) is 0 Å². The molecule has 0 aromatic heterocycles. The van der Waals surface area contributed by atoms with E-state index in [0.717, 1.165) is 67.8 Å². The van der Waals surface area contributed by atoms with Crippen LogP contribution in [0.15, 0.2) is 46.9 Å². The summed E-state index contributed by atoms with van der Waals surface area (Å²) in [5.74, 6) is 0.552. The summed E-state index contributed by atoms with van der Waals surface area (Å²) in [4.78, 5) is 14.2. The number of carbonyl (C=O) groups excluding carboxylic acids is 1. The van der Waals surface area contributed by atoms with Crippen molar-refractivity contribution in [2.75, 3.05) is 33.4 Å². The molecule has 2 aliphatic rings. The van der Waals surface area contributed by atoms with Crippen LogP contribution in [0.1, 0.15) is 52.7 Å². The van der Waals surface area contributed by atoms with Gasteiger partial charge >= 0.3 is 5.97 Å². The lowest BCUT2D eigenvalue weighted by molar-refractivity contribution is 0.0600. The highest BCUT2D eigenvalue weighted by Crippen LogP contribution is 2.38. The Kier molecular flexibility index (Phi) is 9.53. The van der Waals surface area contributed by atoms with Gasteiger partial charge in [-0.05, 0) is 78.6 Å². The number of fused-ring (bicyclic) bond motifs is 1. The minimum atomic E-state index is -0.307. The topological polar surface area (TPSA) is 38.8 Å². The second-order valence-electron chi connectivity index (χ2n) is 8.39. The van der Waals surface area contributed by atoms with Crippen LogP contribution in [-0.4, -0.2) is 50.4 Å². The van der Waals surface area contributed by atoms with E-state index in [4.69, 9.17) is 9.47 Å². The number of allylic oxidation sites excluding steroid dienone is 1. The highest BCUT2D eigenvalue weighted by atomic mass is 79.9. The first kappa shape index (κ1) is 25.9. The Hall–Kier alpha value is -1.70. The van der Waals surface area contributed by atoms with Crippen molar-refractivity contribution in [1.29, 1.82) is 0 Å². The Balaban J connectivity index is 0.00000306. The molecule has 0 spiro atoms. The van der Waals surface area contributed by atoms with Gasteiger partial charge in [0, 0.05) is 24.1 Å². The standard InChI is InChI=1S/C26H29BrFNO3.BrH/c1-31-26(30)20-8-11-23-19(16-20)4-2-5-24(27)25(23)18-6-9-21(10-7-18)32-22-12-15-29(17-22)14-3-13-28;/h6-11,16,22H,2-5,12-15,17H2,1H3;1H/t22-;/m0./s1. The van der Waals surface area contributed by atoms with E-state index in [1.165, 1.54) is 17.2 Å². The zero-order chi connectivity index (χ0) is 22.5. The Morgan fingerprint density at radius 3 is 2.70 bits per heavy atom. The summed E-state index contributed by atoms with van der Waals surface area (Å²) in [6, 6.07) is 14.1. The summed E-state index contributed by atoms with van der Waals surface area (Å²) in [5, 5.41) is 0. The molecule has 0 N–H and O–H groups in total. The van der Waals surface area contributed by atoms with Crippen LogP contribution in [0.5, 0.6) is 5.75 Å². The molecule has 178 valence electrons. The average Bonchev–Trinajstić information content (AvgIpc) is 3.19. The summed E-state index contributed by atoms with van der Waals surface area (Å²) in [6.07, 6.45) is 4.60. The molecule has 2 aromatic carbocycles. The van der Waals surface area contributed by atoms with Gasteiger partial charge in [-0.25, -0.2) is 4.79 Å². The first-order valence-electron chi connectivity index (χ1n) is 11.2. The lowest BCUT2D eigenvalue weighted by atomic mass is 9.92. The van der Waals surface area contributed by atoms with Crippen LogP contribution in [0.25, 0.3) is 5.57 Å². The zero-order valence-corrected chi connectivity index (χ0v) is 22.1. The van der Waals surface area contributed by atoms with Crippen molar-refractivity contribution in [1.82, 2.24) is 4.90 Å². The van der Waals surface area contributed by atoms with Crippen LogP contribution in [0.4, 0.5) is 4.39 Å². The Bertz CT molecular complexity index is 994. The van der Waals surface area contributed by atoms with Gasteiger partial charge in [0.15, 0.2) is 0 Å². The van der Waals surface area contributed by atoms with Gasteiger partial charge in [-0.15, -0.1) is 17.0 Å². The highest BCUT2D eigenvalue weighted by Gasteiger charge is 2.24. The first-order valence-corrected chi connectivity index (χ1v) is 12.0. The summed E-state index contributed by atoms with van der Waals surface area (Å²) >= 11 is 3.81. The first-order chi connectivity index (χ1) is 15.6. The Morgan fingerprint density at radius 1 is 1.18 bits per heavy atom. The van der Waals surface area contributed by atoms with Crippen molar-refractivity contribution in [3.8, 4) is 5.75 Å². The van der Waals surface area contributed by atoms with E-state index in [2.05, 4.69) is 33.0 Å². The molecule has 1 fully saturated rings. The van der Waals surface area contributed by atoms with Gasteiger partial charge in [0.2, 0.25) is 0 Å².